The third-order valence-corrected chi connectivity index (χ3v) is 5.73. The van der Waals surface area contributed by atoms with Crippen LogP contribution in [0.2, 0.25) is 0 Å². The number of hydrogen-bond donors (Lipinski definition) is 0. The summed E-state index contributed by atoms with van der Waals surface area (Å²) in [5, 5.41) is 0. The van der Waals surface area contributed by atoms with Gasteiger partial charge in [0.1, 0.15) is 0 Å². The number of hydrogen-bond acceptors (Lipinski definition) is 3. The van der Waals surface area contributed by atoms with Crippen LogP contribution in [-0.2, 0) is 0 Å². The Morgan fingerprint density at radius 3 is 2.83 bits per heavy atom. The number of amides is 1. The molecule has 1 aromatic heterocycles. The highest BCUT2D eigenvalue weighted by Gasteiger charge is 2.27. The summed E-state index contributed by atoms with van der Waals surface area (Å²) in [6.07, 6.45) is 1.09. The molecule has 100 valence electrons. The lowest BCUT2D eigenvalue weighted by Gasteiger charge is -2.38. The molecule has 0 aliphatic carbocycles. The molecule has 0 N–H and O–H groups in total. The normalized spacial score (nSPS) is 21.3. The highest BCUT2D eigenvalue weighted by atomic mass is 79.9. The number of thiophene rings is 1. The van der Waals surface area contributed by atoms with Crippen LogP contribution in [0.4, 0.5) is 0 Å². The highest BCUT2D eigenvalue weighted by Crippen LogP contribution is 2.28. The third-order valence-electron chi connectivity index (χ3n) is 3.60. The minimum absolute atomic E-state index is 0.181. The molecule has 0 bridgehead atoms. The van der Waals surface area contributed by atoms with Crippen LogP contribution in [0.3, 0.4) is 0 Å². The second-order valence-electron chi connectivity index (χ2n) is 4.86. The molecule has 2 rings (SSSR count). The second-order valence-corrected chi connectivity index (χ2v) is 7.23. The maximum Gasteiger partial charge on any atom is 0.264 e. The summed E-state index contributed by atoms with van der Waals surface area (Å²) in [5.74, 6) is 0.181. The van der Waals surface area contributed by atoms with Gasteiger partial charge in [-0.05, 0) is 48.0 Å². The first-order chi connectivity index (χ1) is 8.52. The van der Waals surface area contributed by atoms with Crippen LogP contribution in [-0.4, -0.2) is 48.4 Å². The van der Waals surface area contributed by atoms with E-state index in [-0.39, 0.29) is 5.91 Å². The average Bonchev–Trinajstić information content (AvgIpc) is 2.69. The van der Waals surface area contributed by atoms with Crippen molar-refractivity contribution < 1.29 is 4.79 Å². The Labute approximate surface area is 121 Å². The van der Waals surface area contributed by atoms with Crippen LogP contribution in [0, 0.1) is 6.92 Å². The van der Waals surface area contributed by atoms with Gasteiger partial charge in [-0.15, -0.1) is 11.3 Å². The molecule has 1 saturated heterocycles. The lowest BCUT2D eigenvalue weighted by atomic mass is 10.1. The lowest BCUT2D eigenvalue weighted by Crippen LogP contribution is -2.52. The van der Waals surface area contributed by atoms with Gasteiger partial charge >= 0.3 is 0 Å². The Bertz CT molecular complexity index is 427. The summed E-state index contributed by atoms with van der Waals surface area (Å²) < 4.78 is 1.06. The van der Waals surface area contributed by atoms with Crippen molar-refractivity contribution in [2.24, 2.45) is 0 Å². The molecule has 3 nitrogen and oxygen atoms in total. The van der Waals surface area contributed by atoms with Gasteiger partial charge in [-0.3, -0.25) is 9.69 Å². The van der Waals surface area contributed by atoms with Gasteiger partial charge in [-0.25, -0.2) is 0 Å². The number of nitrogens with zero attached hydrogens (tertiary/aromatic N) is 2. The van der Waals surface area contributed by atoms with E-state index in [1.54, 1.807) is 0 Å². The largest absolute Gasteiger partial charge is 0.335 e. The van der Waals surface area contributed by atoms with E-state index in [1.165, 1.54) is 11.3 Å². The fourth-order valence-corrected chi connectivity index (χ4v) is 3.80. The summed E-state index contributed by atoms with van der Waals surface area (Å²) in [6, 6.07) is 2.48. The zero-order valence-corrected chi connectivity index (χ0v) is 13.5. The number of carbonyl (C=O) groups excluding carboxylic acids is 1. The molecule has 1 atom stereocenters. The van der Waals surface area contributed by atoms with E-state index in [0.717, 1.165) is 40.3 Å². The summed E-state index contributed by atoms with van der Waals surface area (Å²) in [5.41, 5.74) is 1.14. The van der Waals surface area contributed by atoms with Crippen LogP contribution >= 0.6 is 27.3 Å². The van der Waals surface area contributed by atoms with Crippen LogP contribution in [0.15, 0.2) is 9.85 Å². The van der Waals surface area contributed by atoms with Crippen molar-refractivity contribution in [3.05, 3.63) is 20.3 Å². The number of likely N-dealkylation sites (N-methyl/N-ethyl adjacent to an activating group) is 1. The molecular formula is C13H19BrN2OS. The zero-order chi connectivity index (χ0) is 13.3. The van der Waals surface area contributed by atoms with Crippen molar-refractivity contribution in [1.82, 2.24) is 9.80 Å². The number of carbonyl (C=O) groups is 1. The van der Waals surface area contributed by atoms with Gasteiger partial charge in [0, 0.05) is 25.7 Å². The monoisotopic (exact) mass is 330 g/mol. The van der Waals surface area contributed by atoms with Gasteiger partial charge in [-0.2, -0.15) is 0 Å². The fraction of sp³-hybridized carbons (Fsp3) is 0.615. The quantitative estimate of drug-likeness (QED) is 0.832. The lowest BCUT2D eigenvalue weighted by molar-refractivity contribution is 0.0546. The summed E-state index contributed by atoms with van der Waals surface area (Å²) in [6.45, 7) is 6.85. The van der Waals surface area contributed by atoms with Crippen LogP contribution in [0.5, 0.6) is 0 Å². The summed E-state index contributed by atoms with van der Waals surface area (Å²) >= 11 is 5.02. The second kappa shape index (κ2) is 5.72. The molecule has 1 aliphatic heterocycles. The fourth-order valence-electron chi connectivity index (χ4n) is 2.29. The Hall–Kier alpha value is -0.390. The molecule has 18 heavy (non-hydrogen) atoms. The molecule has 0 spiro atoms. The topological polar surface area (TPSA) is 23.6 Å². The third kappa shape index (κ3) is 2.78. The van der Waals surface area contributed by atoms with E-state index in [4.69, 9.17) is 0 Å². The SMILES string of the molecule is CCC1CN(C(=O)c2cc(C)c(Br)s2)CCN1C. The molecule has 0 aromatic carbocycles. The van der Waals surface area contributed by atoms with E-state index >= 15 is 0 Å². The van der Waals surface area contributed by atoms with Gasteiger partial charge in [0.05, 0.1) is 8.66 Å². The molecule has 5 heteroatoms. The van der Waals surface area contributed by atoms with E-state index in [9.17, 15) is 4.79 Å². The summed E-state index contributed by atoms with van der Waals surface area (Å²) in [4.78, 5) is 17.6. The van der Waals surface area contributed by atoms with E-state index < -0.39 is 0 Å². The molecule has 1 unspecified atom stereocenters. The molecule has 0 saturated carbocycles. The standard InChI is InChI=1S/C13H19BrN2OS/c1-4-10-8-16(6-5-15(10)3)13(17)11-7-9(2)12(14)18-11/h7,10H,4-6,8H2,1-3H3. The molecule has 1 aliphatic rings. The number of aryl methyl sites for hydroxylation is 1. The average molecular weight is 331 g/mol. The van der Waals surface area contributed by atoms with Gasteiger partial charge in [-0.1, -0.05) is 6.92 Å². The number of halogens is 1. The van der Waals surface area contributed by atoms with E-state index in [1.807, 2.05) is 17.9 Å². The first-order valence-corrected chi connectivity index (χ1v) is 7.89. The van der Waals surface area contributed by atoms with Gasteiger partial charge < -0.3 is 4.90 Å². The van der Waals surface area contributed by atoms with Gasteiger partial charge in [0.25, 0.3) is 5.91 Å². The van der Waals surface area contributed by atoms with Gasteiger partial charge in [0.15, 0.2) is 0 Å². The maximum absolute atomic E-state index is 12.4. The Morgan fingerprint density at radius 2 is 2.28 bits per heavy atom. The molecule has 1 amide bonds. The van der Waals surface area contributed by atoms with E-state index in [2.05, 4.69) is 34.8 Å². The number of rotatable bonds is 2. The first-order valence-electron chi connectivity index (χ1n) is 6.28. The molecular weight excluding hydrogens is 312 g/mol. The molecule has 0 radical (unpaired) electrons. The Balaban J connectivity index is 2.10. The smallest absolute Gasteiger partial charge is 0.264 e. The predicted octanol–water partition coefficient (Wildman–Crippen LogP) is 2.99. The van der Waals surface area contributed by atoms with E-state index in [0.29, 0.717) is 6.04 Å². The highest BCUT2D eigenvalue weighted by molar-refractivity contribution is 9.11. The Morgan fingerprint density at radius 1 is 1.56 bits per heavy atom. The van der Waals surface area contributed by atoms with Crippen molar-refractivity contribution in [3.8, 4) is 0 Å². The van der Waals surface area contributed by atoms with Crippen LogP contribution in [0.1, 0.15) is 28.6 Å². The van der Waals surface area contributed by atoms with Gasteiger partial charge in [0.2, 0.25) is 0 Å². The van der Waals surface area contributed by atoms with Crippen molar-refractivity contribution in [3.63, 3.8) is 0 Å². The van der Waals surface area contributed by atoms with Crippen molar-refractivity contribution in [2.75, 3.05) is 26.7 Å². The summed E-state index contributed by atoms with van der Waals surface area (Å²) in [7, 11) is 2.14. The van der Waals surface area contributed by atoms with Crippen LogP contribution in [0.25, 0.3) is 0 Å². The molecule has 2 heterocycles. The zero-order valence-electron chi connectivity index (χ0n) is 11.1. The predicted molar refractivity (Wildman–Crippen MR) is 79.4 cm³/mol. The minimum atomic E-state index is 0.181. The number of piperazine rings is 1. The Kier molecular flexibility index (Phi) is 4.45. The maximum atomic E-state index is 12.4. The minimum Gasteiger partial charge on any atom is -0.335 e. The van der Waals surface area contributed by atoms with Crippen molar-refractivity contribution >= 4 is 33.2 Å². The van der Waals surface area contributed by atoms with Crippen LogP contribution < -0.4 is 0 Å². The first kappa shape index (κ1) is 14.0. The van der Waals surface area contributed by atoms with Crippen molar-refractivity contribution in [1.29, 1.82) is 0 Å². The molecule has 1 aromatic rings. The van der Waals surface area contributed by atoms with Crippen molar-refractivity contribution in [2.45, 2.75) is 26.3 Å². The molecule has 1 fully saturated rings.